The minimum absolute atomic E-state index is 0.115. The van der Waals surface area contributed by atoms with Crippen LogP contribution in [0.5, 0.6) is 11.5 Å². The van der Waals surface area contributed by atoms with Gasteiger partial charge in [0.2, 0.25) is 5.91 Å². The molecule has 0 saturated carbocycles. The maximum atomic E-state index is 12.6. The number of anilines is 1. The van der Waals surface area contributed by atoms with E-state index in [-0.39, 0.29) is 12.5 Å². The van der Waals surface area contributed by atoms with E-state index in [4.69, 9.17) is 9.47 Å². The topological polar surface area (TPSA) is 74.6 Å². The number of thiophene rings is 1. The van der Waals surface area contributed by atoms with E-state index in [1.807, 2.05) is 30.1 Å². The lowest BCUT2D eigenvalue weighted by molar-refractivity contribution is -0.117. The summed E-state index contributed by atoms with van der Waals surface area (Å²) in [7, 11) is 5.10. The van der Waals surface area contributed by atoms with Crippen LogP contribution in [0.2, 0.25) is 0 Å². The van der Waals surface area contributed by atoms with Gasteiger partial charge in [-0.05, 0) is 55.5 Å². The first-order chi connectivity index (χ1) is 13.9. The number of hydrogen-bond donors (Lipinski definition) is 1. The van der Waals surface area contributed by atoms with Gasteiger partial charge in [0.1, 0.15) is 11.1 Å². The summed E-state index contributed by atoms with van der Waals surface area (Å²) >= 11 is 1.56. The number of nitriles is 1. The first-order valence-electron chi connectivity index (χ1n) is 9.69. The largest absolute Gasteiger partial charge is 0.493 e. The minimum atomic E-state index is -0.115. The number of carbonyl (C=O) groups excluding carboxylic acids is 1. The zero-order chi connectivity index (χ0) is 21.0. The van der Waals surface area contributed by atoms with Gasteiger partial charge in [0.15, 0.2) is 11.5 Å². The van der Waals surface area contributed by atoms with Crippen LogP contribution in [0.25, 0.3) is 0 Å². The van der Waals surface area contributed by atoms with Crippen LogP contribution in [0.1, 0.15) is 34.9 Å². The number of ether oxygens (including phenoxy) is 2. The van der Waals surface area contributed by atoms with Crippen molar-refractivity contribution >= 4 is 22.2 Å². The fraction of sp³-hybridized carbons (Fsp3) is 0.455. The molecule has 0 aliphatic heterocycles. The number of benzene rings is 1. The van der Waals surface area contributed by atoms with Crippen LogP contribution in [0.15, 0.2) is 18.2 Å². The molecule has 1 amide bonds. The lowest BCUT2D eigenvalue weighted by Gasteiger charge is -2.17. The van der Waals surface area contributed by atoms with Gasteiger partial charge in [0.25, 0.3) is 0 Å². The molecule has 1 aliphatic carbocycles. The fourth-order valence-corrected chi connectivity index (χ4v) is 5.09. The monoisotopic (exact) mass is 413 g/mol. The van der Waals surface area contributed by atoms with Crippen molar-refractivity contribution in [3.63, 3.8) is 0 Å². The van der Waals surface area contributed by atoms with E-state index < -0.39 is 0 Å². The quantitative estimate of drug-likeness (QED) is 0.747. The second-order valence-corrected chi connectivity index (χ2v) is 8.68. The van der Waals surface area contributed by atoms with Crippen molar-refractivity contribution < 1.29 is 14.3 Å². The molecule has 7 heteroatoms. The molecule has 0 spiro atoms. The van der Waals surface area contributed by atoms with Gasteiger partial charge in [-0.2, -0.15) is 5.26 Å². The van der Waals surface area contributed by atoms with Crippen LogP contribution in [0, 0.1) is 17.2 Å². The summed E-state index contributed by atoms with van der Waals surface area (Å²) < 4.78 is 10.6. The van der Waals surface area contributed by atoms with Crippen LogP contribution < -0.4 is 14.8 Å². The molecule has 6 nitrogen and oxygen atoms in total. The molecular weight excluding hydrogens is 386 g/mol. The highest BCUT2D eigenvalue weighted by atomic mass is 32.1. The summed E-state index contributed by atoms with van der Waals surface area (Å²) in [6, 6.07) is 8.03. The van der Waals surface area contributed by atoms with E-state index in [9.17, 15) is 10.1 Å². The maximum absolute atomic E-state index is 12.6. The number of rotatable bonds is 7. The van der Waals surface area contributed by atoms with Gasteiger partial charge in [0, 0.05) is 11.4 Å². The molecule has 0 fully saturated rings. The van der Waals surface area contributed by atoms with E-state index in [0.29, 0.717) is 34.5 Å². The average Bonchev–Trinajstić information content (AvgIpc) is 3.03. The van der Waals surface area contributed by atoms with Crippen molar-refractivity contribution in [2.75, 3.05) is 33.1 Å². The molecule has 1 N–H and O–H groups in total. The van der Waals surface area contributed by atoms with E-state index >= 15 is 0 Å². The Morgan fingerprint density at radius 1 is 1.34 bits per heavy atom. The fourth-order valence-electron chi connectivity index (χ4n) is 3.72. The molecule has 1 heterocycles. The Morgan fingerprint density at radius 2 is 2.10 bits per heavy atom. The molecule has 0 radical (unpaired) electrons. The summed E-state index contributed by atoms with van der Waals surface area (Å²) in [6.45, 7) is 3.06. The van der Waals surface area contributed by atoms with E-state index in [2.05, 4.69) is 18.3 Å². The molecular formula is C22H27N3O3S. The highest BCUT2D eigenvalue weighted by molar-refractivity contribution is 7.16. The number of amides is 1. The molecule has 1 aliphatic rings. The number of nitrogens with one attached hydrogen (secondary N) is 1. The summed E-state index contributed by atoms with van der Waals surface area (Å²) in [5.41, 5.74) is 2.80. The van der Waals surface area contributed by atoms with Gasteiger partial charge in [-0.3, -0.25) is 9.69 Å². The Bertz CT molecular complexity index is 932. The van der Waals surface area contributed by atoms with Crippen LogP contribution in [-0.4, -0.2) is 38.6 Å². The predicted molar refractivity (Wildman–Crippen MR) is 115 cm³/mol. The van der Waals surface area contributed by atoms with Crippen molar-refractivity contribution in [1.29, 1.82) is 5.26 Å². The lowest BCUT2D eigenvalue weighted by atomic mass is 9.89. The molecule has 3 rings (SSSR count). The SMILES string of the molecule is COc1ccc(CN(C)CC(=O)Nc2sc3c(c2C#N)CCC(C)C3)cc1OC. The third-order valence-electron chi connectivity index (χ3n) is 5.19. The Hall–Kier alpha value is -2.56. The summed E-state index contributed by atoms with van der Waals surface area (Å²) in [4.78, 5) is 15.8. The smallest absolute Gasteiger partial charge is 0.239 e. The third-order valence-corrected chi connectivity index (χ3v) is 6.36. The van der Waals surface area contributed by atoms with Gasteiger partial charge in [-0.15, -0.1) is 11.3 Å². The zero-order valence-corrected chi connectivity index (χ0v) is 18.2. The maximum Gasteiger partial charge on any atom is 0.239 e. The van der Waals surface area contributed by atoms with Gasteiger partial charge in [-0.1, -0.05) is 13.0 Å². The van der Waals surface area contributed by atoms with Gasteiger partial charge >= 0.3 is 0 Å². The van der Waals surface area contributed by atoms with Crippen LogP contribution in [0.4, 0.5) is 5.00 Å². The van der Waals surface area contributed by atoms with Crippen molar-refractivity contribution in [2.24, 2.45) is 5.92 Å². The first-order valence-corrected chi connectivity index (χ1v) is 10.5. The molecule has 1 aromatic heterocycles. The molecule has 1 unspecified atom stereocenters. The number of methoxy groups -OCH3 is 2. The number of hydrogen-bond acceptors (Lipinski definition) is 6. The van der Waals surface area contributed by atoms with Crippen molar-refractivity contribution in [3.8, 4) is 17.6 Å². The number of carbonyl (C=O) groups is 1. The molecule has 1 atom stereocenters. The number of nitrogens with zero attached hydrogens (tertiary/aromatic N) is 2. The van der Waals surface area contributed by atoms with E-state index in [1.54, 1.807) is 25.6 Å². The average molecular weight is 414 g/mol. The van der Waals surface area contributed by atoms with Crippen molar-refractivity contribution in [1.82, 2.24) is 4.90 Å². The van der Waals surface area contributed by atoms with Gasteiger partial charge < -0.3 is 14.8 Å². The lowest BCUT2D eigenvalue weighted by Crippen LogP contribution is -2.29. The molecule has 154 valence electrons. The second kappa shape index (κ2) is 9.29. The number of fused-ring (bicyclic) bond motifs is 1. The van der Waals surface area contributed by atoms with Crippen LogP contribution in [0.3, 0.4) is 0 Å². The van der Waals surface area contributed by atoms with E-state index in [0.717, 1.165) is 30.4 Å². The van der Waals surface area contributed by atoms with Crippen LogP contribution >= 0.6 is 11.3 Å². The molecule has 0 saturated heterocycles. The Balaban J connectivity index is 1.63. The second-order valence-electron chi connectivity index (χ2n) is 7.58. The standard InChI is InChI=1S/C22H27N3O3S/c1-14-5-7-16-17(11-23)22(29-20(16)9-14)24-21(26)13-25(2)12-15-6-8-18(27-3)19(10-15)28-4/h6,8,10,14H,5,7,9,12-13H2,1-4H3,(H,24,26). The summed E-state index contributed by atoms with van der Waals surface area (Å²) in [5.74, 6) is 1.86. The van der Waals surface area contributed by atoms with E-state index in [1.165, 1.54) is 4.88 Å². The Labute approximate surface area is 176 Å². The first kappa shape index (κ1) is 21.2. The highest BCUT2D eigenvalue weighted by Gasteiger charge is 2.24. The van der Waals surface area contributed by atoms with Gasteiger partial charge in [-0.25, -0.2) is 0 Å². The third kappa shape index (κ3) is 4.89. The molecule has 2 aromatic rings. The summed E-state index contributed by atoms with van der Waals surface area (Å²) in [5, 5.41) is 13.2. The predicted octanol–water partition coefficient (Wildman–Crippen LogP) is 3.83. The van der Waals surface area contributed by atoms with Crippen molar-refractivity contribution in [3.05, 3.63) is 39.8 Å². The normalized spacial score (nSPS) is 15.5. The zero-order valence-electron chi connectivity index (χ0n) is 17.4. The highest BCUT2D eigenvalue weighted by Crippen LogP contribution is 2.39. The molecule has 29 heavy (non-hydrogen) atoms. The molecule has 1 aromatic carbocycles. The summed E-state index contributed by atoms with van der Waals surface area (Å²) in [6.07, 6.45) is 3.01. The van der Waals surface area contributed by atoms with Crippen molar-refractivity contribution in [2.45, 2.75) is 32.7 Å². The Kier molecular flexibility index (Phi) is 6.78. The number of likely N-dealkylation sites (N-methyl/N-ethyl adjacent to an activating group) is 1. The minimum Gasteiger partial charge on any atom is -0.493 e. The Morgan fingerprint density at radius 3 is 2.79 bits per heavy atom. The molecule has 0 bridgehead atoms. The van der Waals surface area contributed by atoms with Gasteiger partial charge in [0.05, 0.1) is 26.3 Å². The van der Waals surface area contributed by atoms with Crippen LogP contribution in [-0.2, 0) is 24.2 Å².